The standard InChI is InChI=1S/C7H16BO.K/c1-5-6-9-7-8(2,3)4;/h5H,1,6-7H2,2-4H3;/q-1;+1. The van der Waals surface area contributed by atoms with Gasteiger partial charge in [-0.1, -0.05) is 12.6 Å². The molecule has 0 aromatic rings. The van der Waals surface area contributed by atoms with Gasteiger partial charge in [0.05, 0.1) is 6.61 Å². The summed E-state index contributed by atoms with van der Waals surface area (Å²) < 4.78 is 5.26. The van der Waals surface area contributed by atoms with Crippen LogP contribution in [0, 0.1) is 0 Å². The summed E-state index contributed by atoms with van der Waals surface area (Å²) in [5, 5.41) is 0. The molecule has 0 fully saturated rings. The first-order chi connectivity index (χ1) is 4.06. The molecule has 3 heteroatoms. The number of ether oxygens (including phenoxy) is 1. The predicted molar refractivity (Wildman–Crippen MR) is 44.4 cm³/mol. The molecule has 0 atom stereocenters. The molecule has 0 spiro atoms. The van der Waals surface area contributed by atoms with Gasteiger partial charge in [-0.25, -0.2) is 0 Å². The Labute approximate surface area is 107 Å². The Morgan fingerprint density at radius 3 is 2.20 bits per heavy atom. The van der Waals surface area contributed by atoms with Gasteiger partial charge in [-0.3, -0.25) is 0 Å². The van der Waals surface area contributed by atoms with Crippen LogP contribution in [0.4, 0.5) is 0 Å². The average molecular weight is 166 g/mol. The van der Waals surface area contributed by atoms with Gasteiger partial charge in [-0.05, 0) is 0 Å². The summed E-state index contributed by atoms with van der Waals surface area (Å²) in [5.41, 5.74) is 0. The smallest absolute Gasteiger partial charge is 0.415 e. The van der Waals surface area contributed by atoms with E-state index in [1.165, 1.54) is 0 Å². The van der Waals surface area contributed by atoms with Crippen LogP contribution in [0.2, 0.25) is 20.5 Å². The van der Waals surface area contributed by atoms with Gasteiger partial charge in [0.1, 0.15) is 0 Å². The quantitative estimate of drug-likeness (QED) is 0.298. The number of hydrogen-bond donors (Lipinski definition) is 0. The van der Waals surface area contributed by atoms with Crippen LogP contribution in [0.1, 0.15) is 0 Å². The van der Waals surface area contributed by atoms with E-state index >= 15 is 0 Å². The van der Waals surface area contributed by atoms with Crippen molar-refractivity contribution < 1.29 is 56.1 Å². The minimum Gasteiger partial charge on any atom is -0.415 e. The molecule has 0 saturated carbocycles. The van der Waals surface area contributed by atoms with Crippen molar-refractivity contribution in [3.63, 3.8) is 0 Å². The van der Waals surface area contributed by atoms with Crippen LogP contribution in [0.3, 0.4) is 0 Å². The zero-order valence-corrected chi connectivity index (χ0v) is 10.8. The molecule has 1 nitrogen and oxygen atoms in total. The van der Waals surface area contributed by atoms with Crippen molar-refractivity contribution in [1.82, 2.24) is 0 Å². The SMILES string of the molecule is C=CCOC[B-](C)(C)C.[K+]. The third kappa shape index (κ3) is 12.1. The van der Waals surface area contributed by atoms with Crippen molar-refractivity contribution in [2.75, 3.05) is 13.1 Å². The van der Waals surface area contributed by atoms with Gasteiger partial charge in [0.25, 0.3) is 0 Å². The summed E-state index contributed by atoms with van der Waals surface area (Å²) in [4.78, 5) is 0. The molecule has 0 aliphatic carbocycles. The largest absolute Gasteiger partial charge is 1.00 e. The molecule has 0 aliphatic heterocycles. The van der Waals surface area contributed by atoms with Gasteiger partial charge in [0.15, 0.2) is 0 Å². The normalized spacial score (nSPS) is 10.3. The molecule has 0 amide bonds. The fourth-order valence-electron chi connectivity index (χ4n) is 0.505. The van der Waals surface area contributed by atoms with Crippen LogP contribution in [0.15, 0.2) is 12.7 Å². The van der Waals surface area contributed by atoms with Crippen molar-refractivity contribution in [1.29, 1.82) is 0 Å². The van der Waals surface area contributed by atoms with Gasteiger partial charge in [-0.15, -0.1) is 6.58 Å². The summed E-state index contributed by atoms with van der Waals surface area (Å²) in [6, 6.07) is 0. The Balaban J connectivity index is 0. The Morgan fingerprint density at radius 2 is 1.90 bits per heavy atom. The Hall–Kier alpha value is 1.40. The summed E-state index contributed by atoms with van der Waals surface area (Å²) in [7, 11) is 0. The number of hydrogen-bond acceptors (Lipinski definition) is 1. The maximum atomic E-state index is 5.26. The van der Waals surface area contributed by atoms with Gasteiger partial charge in [0, 0.05) is 6.15 Å². The van der Waals surface area contributed by atoms with Crippen LogP contribution in [0.25, 0.3) is 0 Å². The Bertz CT molecular complexity index is 88.1. The zero-order chi connectivity index (χ0) is 7.33. The Morgan fingerprint density at radius 1 is 1.40 bits per heavy atom. The Kier molecular flexibility index (Phi) is 9.87. The molecule has 0 heterocycles. The van der Waals surface area contributed by atoms with Crippen LogP contribution in [0.5, 0.6) is 0 Å². The molecule has 54 valence electrons. The van der Waals surface area contributed by atoms with Crippen molar-refractivity contribution in [3.8, 4) is 0 Å². The van der Waals surface area contributed by atoms with E-state index in [4.69, 9.17) is 4.74 Å². The van der Waals surface area contributed by atoms with Crippen molar-refractivity contribution in [2.45, 2.75) is 20.5 Å². The molecule has 0 unspecified atom stereocenters. The van der Waals surface area contributed by atoms with Crippen LogP contribution < -0.4 is 51.4 Å². The van der Waals surface area contributed by atoms with E-state index in [0.29, 0.717) is 6.61 Å². The van der Waals surface area contributed by atoms with Crippen LogP contribution in [-0.2, 0) is 4.74 Å². The molecule has 0 rings (SSSR count). The van der Waals surface area contributed by atoms with Crippen LogP contribution >= 0.6 is 0 Å². The van der Waals surface area contributed by atoms with E-state index in [1.807, 2.05) is 0 Å². The monoisotopic (exact) mass is 166 g/mol. The van der Waals surface area contributed by atoms with E-state index in [0.717, 1.165) is 6.51 Å². The van der Waals surface area contributed by atoms with E-state index in [1.54, 1.807) is 6.08 Å². The average Bonchev–Trinajstić information content (AvgIpc) is 1.63. The minimum atomic E-state index is -0.280. The maximum Gasteiger partial charge on any atom is 1.00 e. The van der Waals surface area contributed by atoms with Crippen molar-refractivity contribution in [2.24, 2.45) is 0 Å². The third-order valence-electron chi connectivity index (χ3n) is 0.854. The summed E-state index contributed by atoms with van der Waals surface area (Å²) in [5.74, 6) is 0. The van der Waals surface area contributed by atoms with E-state index < -0.39 is 0 Å². The second kappa shape index (κ2) is 7.07. The third-order valence-corrected chi connectivity index (χ3v) is 0.854. The van der Waals surface area contributed by atoms with Crippen molar-refractivity contribution >= 4 is 6.15 Å². The molecular formula is C7H16BKO. The molecule has 0 aromatic carbocycles. The maximum absolute atomic E-state index is 5.26. The first-order valence-corrected chi connectivity index (χ1v) is 3.53. The molecular weight excluding hydrogens is 150 g/mol. The predicted octanol–water partition coefficient (Wildman–Crippen LogP) is -0.930. The summed E-state index contributed by atoms with van der Waals surface area (Å²) >= 11 is 0. The first-order valence-electron chi connectivity index (χ1n) is 3.53. The van der Waals surface area contributed by atoms with Gasteiger partial charge < -0.3 is 4.74 Å². The second-order valence-electron chi connectivity index (χ2n) is 3.78. The number of rotatable bonds is 4. The van der Waals surface area contributed by atoms with Gasteiger partial charge in [0.2, 0.25) is 0 Å². The topological polar surface area (TPSA) is 9.23 Å². The van der Waals surface area contributed by atoms with E-state index in [2.05, 4.69) is 27.0 Å². The van der Waals surface area contributed by atoms with E-state index in [9.17, 15) is 0 Å². The zero-order valence-electron chi connectivity index (χ0n) is 7.68. The van der Waals surface area contributed by atoms with Crippen molar-refractivity contribution in [3.05, 3.63) is 12.7 Å². The van der Waals surface area contributed by atoms with Gasteiger partial charge >= 0.3 is 51.4 Å². The minimum absolute atomic E-state index is 0. The molecule has 0 N–H and O–H groups in total. The molecule has 10 heavy (non-hydrogen) atoms. The fourth-order valence-corrected chi connectivity index (χ4v) is 0.505. The summed E-state index contributed by atoms with van der Waals surface area (Å²) in [6.45, 7) is 11.7. The fraction of sp³-hybridized carbons (Fsp3) is 0.714. The molecule has 0 radical (unpaired) electrons. The molecule has 0 aromatic heterocycles. The van der Waals surface area contributed by atoms with E-state index in [-0.39, 0.29) is 57.5 Å². The molecule has 0 bridgehead atoms. The molecule has 0 saturated heterocycles. The van der Waals surface area contributed by atoms with Crippen LogP contribution in [-0.4, -0.2) is 19.3 Å². The van der Waals surface area contributed by atoms with Gasteiger partial charge in [-0.2, -0.15) is 20.5 Å². The second-order valence-corrected chi connectivity index (χ2v) is 3.78. The first kappa shape index (κ1) is 14.0. The molecule has 0 aliphatic rings. The summed E-state index contributed by atoms with van der Waals surface area (Å²) in [6.07, 6.45) is 1.50.